The van der Waals surface area contributed by atoms with Gasteiger partial charge in [0.05, 0.1) is 0 Å². The van der Waals surface area contributed by atoms with Crippen LogP contribution < -0.4 is 11.1 Å². The molecule has 1 amide bonds. The summed E-state index contributed by atoms with van der Waals surface area (Å²) in [5, 5.41) is 2.53. The average molecular weight is 294 g/mol. The molecule has 0 unspecified atom stereocenters. The highest BCUT2D eigenvalue weighted by Gasteiger charge is 2.33. The normalized spacial score (nSPS) is 17.6. The maximum absolute atomic E-state index is 14.3. The summed E-state index contributed by atoms with van der Waals surface area (Å²) in [4.78, 5) is 11.7. The third kappa shape index (κ3) is 3.94. The van der Waals surface area contributed by atoms with Gasteiger partial charge in [0.25, 0.3) is 0 Å². The van der Waals surface area contributed by atoms with E-state index in [1.165, 1.54) is 6.07 Å². The van der Waals surface area contributed by atoms with Crippen molar-refractivity contribution < 1.29 is 13.9 Å². The number of halogens is 1. The zero-order valence-corrected chi connectivity index (χ0v) is 12.8. The number of rotatable bonds is 2. The van der Waals surface area contributed by atoms with Crippen molar-refractivity contribution in [3.05, 3.63) is 29.6 Å². The first-order valence-electron chi connectivity index (χ1n) is 7.29. The van der Waals surface area contributed by atoms with E-state index in [-0.39, 0.29) is 5.82 Å². The Morgan fingerprint density at radius 2 is 1.95 bits per heavy atom. The molecule has 0 saturated heterocycles. The zero-order chi connectivity index (χ0) is 15.7. The Bertz CT molecular complexity index is 532. The van der Waals surface area contributed by atoms with E-state index in [4.69, 9.17) is 10.5 Å². The molecule has 0 atom stereocenters. The van der Waals surface area contributed by atoms with E-state index in [2.05, 4.69) is 5.32 Å². The molecular formula is C16H23FN2O2. The first-order chi connectivity index (χ1) is 9.70. The Kier molecular flexibility index (Phi) is 4.23. The smallest absolute Gasteiger partial charge is 0.412 e. The number of carbonyl (C=O) groups excluding carboxylic acids is 1. The SMILES string of the molecule is CC(C)(C)OC(=O)Nc1ccc(C2(N)CCCC2)c(F)c1. The number of hydrogen-bond donors (Lipinski definition) is 2. The zero-order valence-electron chi connectivity index (χ0n) is 12.8. The molecule has 0 aromatic heterocycles. The number of benzene rings is 1. The van der Waals surface area contributed by atoms with Crippen LogP contribution >= 0.6 is 0 Å². The molecular weight excluding hydrogens is 271 g/mol. The van der Waals surface area contributed by atoms with Gasteiger partial charge in [0.1, 0.15) is 11.4 Å². The van der Waals surface area contributed by atoms with Crippen molar-refractivity contribution >= 4 is 11.8 Å². The van der Waals surface area contributed by atoms with Crippen LogP contribution in [0.2, 0.25) is 0 Å². The second-order valence-corrected chi connectivity index (χ2v) is 6.68. The lowest BCUT2D eigenvalue weighted by atomic mass is 9.89. The Morgan fingerprint density at radius 1 is 1.33 bits per heavy atom. The standard InChI is InChI=1S/C16H23FN2O2/c1-15(2,3)21-14(20)19-11-6-7-12(13(17)10-11)16(18)8-4-5-9-16/h6-7,10H,4-5,8-9,18H2,1-3H3,(H,19,20). The number of amides is 1. The van der Waals surface area contributed by atoms with Gasteiger partial charge >= 0.3 is 6.09 Å². The summed E-state index contributed by atoms with van der Waals surface area (Å²) < 4.78 is 19.4. The summed E-state index contributed by atoms with van der Waals surface area (Å²) in [5.74, 6) is -0.382. The van der Waals surface area contributed by atoms with Crippen LogP contribution in [0.15, 0.2) is 18.2 Å². The molecule has 1 saturated carbocycles. The second-order valence-electron chi connectivity index (χ2n) is 6.68. The summed E-state index contributed by atoms with van der Waals surface area (Å²) >= 11 is 0. The van der Waals surface area contributed by atoms with Gasteiger partial charge in [-0.05, 0) is 45.7 Å². The summed E-state index contributed by atoms with van der Waals surface area (Å²) in [7, 11) is 0. The summed E-state index contributed by atoms with van der Waals surface area (Å²) in [6.07, 6.45) is 3.03. The lowest BCUT2D eigenvalue weighted by Crippen LogP contribution is -2.34. The van der Waals surface area contributed by atoms with E-state index in [0.29, 0.717) is 11.3 Å². The van der Waals surface area contributed by atoms with Gasteiger partial charge in [-0.1, -0.05) is 18.9 Å². The van der Waals surface area contributed by atoms with E-state index in [0.717, 1.165) is 25.7 Å². The van der Waals surface area contributed by atoms with Gasteiger partial charge in [0.2, 0.25) is 0 Å². The van der Waals surface area contributed by atoms with Gasteiger partial charge in [-0.3, -0.25) is 5.32 Å². The van der Waals surface area contributed by atoms with Crippen LogP contribution in [0.1, 0.15) is 52.0 Å². The molecule has 1 fully saturated rings. The van der Waals surface area contributed by atoms with Crippen LogP contribution in [-0.2, 0) is 10.3 Å². The minimum absolute atomic E-state index is 0.368. The Morgan fingerprint density at radius 3 is 2.48 bits per heavy atom. The van der Waals surface area contributed by atoms with E-state index in [1.54, 1.807) is 32.9 Å². The molecule has 0 aliphatic heterocycles. The topological polar surface area (TPSA) is 64.3 Å². The Hall–Kier alpha value is -1.62. The number of hydrogen-bond acceptors (Lipinski definition) is 3. The quantitative estimate of drug-likeness (QED) is 0.869. The molecule has 21 heavy (non-hydrogen) atoms. The molecule has 1 aliphatic carbocycles. The van der Waals surface area contributed by atoms with Gasteiger partial charge in [-0.25, -0.2) is 9.18 Å². The van der Waals surface area contributed by atoms with Crippen molar-refractivity contribution in [2.75, 3.05) is 5.32 Å². The number of ether oxygens (including phenoxy) is 1. The Labute approximate surface area is 124 Å². The van der Waals surface area contributed by atoms with Crippen LogP contribution in [0, 0.1) is 5.82 Å². The molecule has 5 heteroatoms. The lowest BCUT2D eigenvalue weighted by molar-refractivity contribution is 0.0636. The summed E-state index contributed by atoms with van der Waals surface area (Å²) in [6.45, 7) is 5.32. The van der Waals surface area contributed by atoms with E-state index >= 15 is 0 Å². The molecule has 116 valence electrons. The number of nitrogens with one attached hydrogen (secondary N) is 1. The Balaban J connectivity index is 2.11. The fourth-order valence-corrected chi connectivity index (χ4v) is 2.69. The largest absolute Gasteiger partial charge is 0.444 e. The van der Waals surface area contributed by atoms with E-state index < -0.39 is 17.2 Å². The van der Waals surface area contributed by atoms with Crippen LogP contribution in [0.5, 0.6) is 0 Å². The fourth-order valence-electron chi connectivity index (χ4n) is 2.69. The second kappa shape index (κ2) is 5.64. The van der Waals surface area contributed by atoms with Crippen LogP contribution in [0.25, 0.3) is 0 Å². The first-order valence-corrected chi connectivity index (χ1v) is 7.29. The van der Waals surface area contributed by atoms with E-state index in [1.807, 2.05) is 0 Å². The molecule has 1 aromatic rings. The van der Waals surface area contributed by atoms with Crippen molar-refractivity contribution in [1.29, 1.82) is 0 Å². The average Bonchev–Trinajstić information content (AvgIpc) is 2.74. The highest BCUT2D eigenvalue weighted by Crippen LogP contribution is 2.38. The van der Waals surface area contributed by atoms with Crippen molar-refractivity contribution in [3.8, 4) is 0 Å². The highest BCUT2D eigenvalue weighted by molar-refractivity contribution is 5.84. The predicted octanol–water partition coefficient (Wildman–Crippen LogP) is 3.90. The molecule has 0 spiro atoms. The minimum atomic E-state index is -0.599. The summed E-state index contributed by atoms with van der Waals surface area (Å²) in [5.41, 5.74) is 5.99. The van der Waals surface area contributed by atoms with E-state index in [9.17, 15) is 9.18 Å². The fraction of sp³-hybridized carbons (Fsp3) is 0.562. The van der Waals surface area contributed by atoms with Gasteiger partial charge in [-0.2, -0.15) is 0 Å². The van der Waals surface area contributed by atoms with Crippen molar-refractivity contribution in [3.63, 3.8) is 0 Å². The maximum Gasteiger partial charge on any atom is 0.412 e. The number of anilines is 1. The predicted molar refractivity (Wildman–Crippen MR) is 80.6 cm³/mol. The molecule has 0 radical (unpaired) electrons. The number of carbonyl (C=O) groups is 1. The molecule has 4 nitrogen and oxygen atoms in total. The van der Waals surface area contributed by atoms with Crippen molar-refractivity contribution in [1.82, 2.24) is 0 Å². The maximum atomic E-state index is 14.3. The van der Waals surface area contributed by atoms with Gasteiger partial charge in [-0.15, -0.1) is 0 Å². The third-order valence-electron chi connectivity index (χ3n) is 3.65. The van der Waals surface area contributed by atoms with Gasteiger partial charge < -0.3 is 10.5 Å². The highest BCUT2D eigenvalue weighted by atomic mass is 19.1. The molecule has 2 rings (SSSR count). The molecule has 0 bridgehead atoms. The van der Waals surface area contributed by atoms with Gasteiger partial charge in [0, 0.05) is 16.8 Å². The monoisotopic (exact) mass is 294 g/mol. The van der Waals surface area contributed by atoms with Crippen LogP contribution in [0.3, 0.4) is 0 Å². The molecule has 3 N–H and O–H groups in total. The summed E-state index contributed by atoms with van der Waals surface area (Å²) in [6, 6.07) is 4.62. The lowest BCUT2D eigenvalue weighted by Gasteiger charge is -2.25. The third-order valence-corrected chi connectivity index (χ3v) is 3.65. The van der Waals surface area contributed by atoms with Gasteiger partial charge in [0.15, 0.2) is 0 Å². The van der Waals surface area contributed by atoms with Crippen molar-refractivity contribution in [2.24, 2.45) is 5.73 Å². The first kappa shape index (κ1) is 15.8. The minimum Gasteiger partial charge on any atom is -0.444 e. The molecule has 1 aromatic carbocycles. The molecule has 0 heterocycles. The van der Waals surface area contributed by atoms with Crippen LogP contribution in [-0.4, -0.2) is 11.7 Å². The number of nitrogens with two attached hydrogens (primary N) is 1. The van der Waals surface area contributed by atoms with Crippen molar-refractivity contribution in [2.45, 2.75) is 57.6 Å². The van der Waals surface area contributed by atoms with Crippen LogP contribution in [0.4, 0.5) is 14.9 Å². The molecule has 1 aliphatic rings.